The number of anilines is 1. The van der Waals surface area contributed by atoms with Crippen LogP contribution in [0.25, 0.3) is 22.4 Å². The van der Waals surface area contributed by atoms with Gasteiger partial charge in [0.2, 0.25) is 5.91 Å². The molecular formula is C26H27N5O5S. The van der Waals surface area contributed by atoms with Crippen LogP contribution in [0.15, 0.2) is 51.0 Å². The topological polar surface area (TPSA) is 117 Å². The first-order valence-corrected chi connectivity index (χ1v) is 12.3. The molecule has 2 aromatic carbocycles. The largest absolute Gasteiger partial charge is 0.493 e. The first-order valence-electron chi connectivity index (χ1n) is 11.3. The molecule has 192 valence electrons. The van der Waals surface area contributed by atoms with Crippen molar-refractivity contribution < 1.29 is 14.3 Å². The summed E-state index contributed by atoms with van der Waals surface area (Å²) in [5, 5.41) is 3.35. The Kier molecular flexibility index (Phi) is 7.35. The molecule has 0 radical (unpaired) electrons. The van der Waals surface area contributed by atoms with Gasteiger partial charge < -0.3 is 14.8 Å². The maximum atomic E-state index is 13.1. The number of nitrogens with one attached hydrogen (secondary N) is 1. The van der Waals surface area contributed by atoms with E-state index in [1.807, 2.05) is 32.0 Å². The lowest BCUT2D eigenvalue weighted by Crippen LogP contribution is -2.37. The van der Waals surface area contributed by atoms with Crippen molar-refractivity contribution in [2.24, 2.45) is 14.1 Å². The van der Waals surface area contributed by atoms with Crippen molar-refractivity contribution in [1.82, 2.24) is 19.1 Å². The molecule has 0 aliphatic carbocycles. The van der Waals surface area contributed by atoms with Crippen LogP contribution in [0.2, 0.25) is 0 Å². The van der Waals surface area contributed by atoms with Crippen LogP contribution in [0, 0.1) is 13.8 Å². The number of carbonyl (C=O) groups excluding carboxylic acids is 1. The molecule has 0 aliphatic heterocycles. The molecule has 10 nitrogen and oxygen atoms in total. The molecule has 0 unspecified atom stereocenters. The number of aromatic nitrogens is 4. The van der Waals surface area contributed by atoms with Gasteiger partial charge in [0.25, 0.3) is 5.56 Å². The fraction of sp³-hybridized carbons (Fsp3) is 0.269. The summed E-state index contributed by atoms with van der Waals surface area (Å²) in [6.07, 6.45) is 0. The molecular weight excluding hydrogens is 494 g/mol. The summed E-state index contributed by atoms with van der Waals surface area (Å²) in [4.78, 5) is 47.7. The number of amides is 1. The lowest BCUT2D eigenvalue weighted by Gasteiger charge is -2.13. The Morgan fingerprint density at radius 1 is 0.946 bits per heavy atom. The number of aryl methyl sites for hydroxylation is 3. The van der Waals surface area contributed by atoms with Gasteiger partial charge in [0.1, 0.15) is 10.4 Å². The van der Waals surface area contributed by atoms with Crippen molar-refractivity contribution in [3.63, 3.8) is 0 Å². The number of nitrogens with zero attached hydrogens (tertiary/aromatic N) is 4. The average Bonchev–Trinajstić information content (AvgIpc) is 2.87. The van der Waals surface area contributed by atoms with E-state index in [4.69, 9.17) is 9.47 Å². The van der Waals surface area contributed by atoms with E-state index >= 15 is 0 Å². The van der Waals surface area contributed by atoms with Crippen LogP contribution < -0.4 is 26.0 Å². The minimum absolute atomic E-state index is 0.00350. The van der Waals surface area contributed by atoms with E-state index in [2.05, 4.69) is 15.3 Å². The van der Waals surface area contributed by atoms with E-state index in [1.165, 1.54) is 32.9 Å². The van der Waals surface area contributed by atoms with Crippen LogP contribution in [-0.4, -0.2) is 45.0 Å². The maximum Gasteiger partial charge on any atom is 0.332 e. The molecule has 1 N–H and O–H groups in total. The number of ether oxygens (including phenoxy) is 2. The number of carbonyl (C=O) groups is 1. The molecule has 4 aromatic rings. The zero-order valence-electron chi connectivity index (χ0n) is 21.4. The van der Waals surface area contributed by atoms with Crippen molar-refractivity contribution in [1.29, 1.82) is 0 Å². The van der Waals surface area contributed by atoms with Crippen molar-refractivity contribution >= 4 is 34.4 Å². The maximum absolute atomic E-state index is 13.1. The summed E-state index contributed by atoms with van der Waals surface area (Å²) in [6.45, 7) is 3.92. The van der Waals surface area contributed by atoms with Crippen LogP contribution in [0.5, 0.6) is 11.5 Å². The molecule has 1 amide bonds. The molecule has 2 heterocycles. The van der Waals surface area contributed by atoms with Crippen molar-refractivity contribution in [2.75, 3.05) is 25.3 Å². The van der Waals surface area contributed by atoms with Gasteiger partial charge in [-0.15, -0.1) is 0 Å². The van der Waals surface area contributed by atoms with Crippen LogP contribution in [0.3, 0.4) is 0 Å². The first-order chi connectivity index (χ1) is 17.6. The zero-order valence-corrected chi connectivity index (χ0v) is 22.2. The summed E-state index contributed by atoms with van der Waals surface area (Å²) in [7, 11) is 5.99. The summed E-state index contributed by atoms with van der Waals surface area (Å²) in [5.74, 6) is 1.02. The minimum Gasteiger partial charge on any atom is -0.493 e. The van der Waals surface area contributed by atoms with E-state index in [-0.39, 0.29) is 28.5 Å². The van der Waals surface area contributed by atoms with Crippen LogP contribution in [0.1, 0.15) is 11.1 Å². The molecule has 0 saturated carbocycles. The standard InChI is InChI=1S/C26H27N5O5S/c1-14-9-15(2)11-17(10-14)27-20(32)13-37-24-21-23(30(3)26(34)31(4)25(21)33)28-22(29-24)16-7-8-18(35-5)19(12-16)36-6/h7-12H,13H2,1-6H3,(H,27,32). The molecule has 11 heteroatoms. The Hall–Kier alpha value is -4.12. The molecule has 0 spiro atoms. The summed E-state index contributed by atoms with van der Waals surface area (Å²) in [6, 6.07) is 11.0. The highest BCUT2D eigenvalue weighted by Gasteiger charge is 2.20. The quantitative estimate of drug-likeness (QED) is 0.291. The fourth-order valence-corrected chi connectivity index (χ4v) is 4.83. The number of fused-ring (bicyclic) bond motifs is 1. The monoisotopic (exact) mass is 521 g/mol. The second kappa shape index (κ2) is 10.5. The lowest BCUT2D eigenvalue weighted by atomic mass is 10.1. The van der Waals surface area contributed by atoms with E-state index in [9.17, 15) is 14.4 Å². The Balaban J connectivity index is 1.78. The molecule has 4 rings (SSSR count). The highest BCUT2D eigenvalue weighted by atomic mass is 32.2. The van der Waals surface area contributed by atoms with E-state index in [0.29, 0.717) is 27.8 Å². The number of thioether (sulfide) groups is 1. The summed E-state index contributed by atoms with van der Waals surface area (Å²) >= 11 is 1.10. The molecule has 0 saturated heterocycles. The van der Waals surface area contributed by atoms with Gasteiger partial charge in [-0.2, -0.15) is 0 Å². The van der Waals surface area contributed by atoms with Gasteiger partial charge in [-0.05, 0) is 55.3 Å². The number of methoxy groups -OCH3 is 2. The molecule has 0 atom stereocenters. The molecule has 0 aliphatic rings. The lowest BCUT2D eigenvalue weighted by molar-refractivity contribution is -0.113. The third-order valence-corrected chi connectivity index (χ3v) is 6.73. The first kappa shape index (κ1) is 26.0. The molecule has 37 heavy (non-hydrogen) atoms. The number of benzene rings is 2. The Bertz CT molecular complexity index is 1620. The second-order valence-electron chi connectivity index (χ2n) is 8.54. The summed E-state index contributed by atoms with van der Waals surface area (Å²) in [5.41, 5.74) is 2.48. The van der Waals surface area contributed by atoms with Gasteiger partial charge in [0, 0.05) is 25.3 Å². The van der Waals surface area contributed by atoms with Gasteiger partial charge in [-0.3, -0.25) is 18.7 Å². The average molecular weight is 522 g/mol. The van der Waals surface area contributed by atoms with Crippen LogP contribution in [0.4, 0.5) is 5.69 Å². The highest BCUT2D eigenvalue weighted by Crippen LogP contribution is 2.33. The fourth-order valence-electron chi connectivity index (χ4n) is 4.02. The second-order valence-corrected chi connectivity index (χ2v) is 9.50. The highest BCUT2D eigenvalue weighted by molar-refractivity contribution is 8.00. The smallest absolute Gasteiger partial charge is 0.332 e. The van der Waals surface area contributed by atoms with Gasteiger partial charge >= 0.3 is 5.69 Å². The normalized spacial score (nSPS) is 11.0. The third kappa shape index (κ3) is 5.21. The SMILES string of the molecule is COc1ccc(-c2nc(SCC(=O)Nc3cc(C)cc(C)c3)c3c(=O)n(C)c(=O)n(C)c3n2)cc1OC. The van der Waals surface area contributed by atoms with Gasteiger partial charge in [-0.1, -0.05) is 17.8 Å². The Morgan fingerprint density at radius 3 is 2.27 bits per heavy atom. The van der Waals surface area contributed by atoms with Gasteiger partial charge in [-0.25, -0.2) is 14.8 Å². The van der Waals surface area contributed by atoms with Crippen molar-refractivity contribution in [3.05, 3.63) is 68.4 Å². The summed E-state index contributed by atoms with van der Waals surface area (Å²) < 4.78 is 13.0. The predicted octanol–water partition coefficient (Wildman–Crippen LogP) is 3.06. The van der Waals surface area contributed by atoms with E-state index < -0.39 is 11.2 Å². The van der Waals surface area contributed by atoms with E-state index in [0.717, 1.165) is 27.5 Å². The van der Waals surface area contributed by atoms with Crippen molar-refractivity contribution in [3.8, 4) is 22.9 Å². The molecule has 2 aromatic heterocycles. The molecule has 0 fully saturated rings. The number of rotatable bonds is 7. The van der Waals surface area contributed by atoms with Crippen LogP contribution in [-0.2, 0) is 18.9 Å². The van der Waals surface area contributed by atoms with Crippen LogP contribution >= 0.6 is 11.8 Å². The Morgan fingerprint density at radius 2 is 1.62 bits per heavy atom. The number of hydrogen-bond acceptors (Lipinski definition) is 8. The van der Waals surface area contributed by atoms with Crippen molar-refractivity contribution in [2.45, 2.75) is 18.9 Å². The number of hydrogen-bond donors (Lipinski definition) is 1. The Labute approximate surface area is 217 Å². The molecule has 0 bridgehead atoms. The zero-order chi connectivity index (χ0) is 26.9. The predicted molar refractivity (Wildman–Crippen MR) is 144 cm³/mol. The van der Waals surface area contributed by atoms with E-state index in [1.54, 1.807) is 18.2 Å². The van der Waals surface area contributed by atoms with Gasteiger partial charge in [0.15, 0.2) is 23.0 Å². The third-order valence-electron chi connectivity index (χ3n) is 5.75. The van der Waals surface area contributed by atoms with Gasteiger partial charge in [0.05, 0.1) is 20.0 Å². The minimum atomic E-state index is -0.533.